The molecule has 0 saturated heterocycles. The largest absolute Gasteiger partial charge is 0.401 e. The second-order valence-electron chi connectivity index (χ2n) is 2.90. The summed E-state index contributed by atoms with van der Waals surface area (Å²) in [4.78, 5) is 0. The first-order valence-corrected chi connectivity index (χ1v) is 5.60. The predicted octanol–water partition coefficient (Wildman–Crippen LogP) is 2.45. The summed E-state index contributed by atoms with van der Waals surface area (Å²) in [5, 5.41) is 0. The van der Waals surface area contributed by atoms with E-state index in [1.165, 1.54) is 5.56 Å². The van der Waals surface area contributed by atoms with Gasteiger partial charge in [0.2, 0.25) is 11.1 Å². The molecule has 1 atom stereocenters. The van der Waals surface area contributed by atoms with Crippen LogP contribution in [0.25, 0.3) is 0 Å². The van der Waals surface area contributed by atoms with E-state index in [9.17, 15) is 4.21 Å². The molecule has 1 rings (SSSR count). The van der Waals surface area contributed by atoms with Crippen LogP contribution < -0.4 is 4.18 Å². The van der Waals surface area contributed by atoms with E-state index in [2.05, 4.69) is 0 Å². The molecule has 0 aromatic heterocycles. The molecule has 1 aromatic rings. The third-order valence-corrected chi connectivity index (χ3v) is 2.70. The van der Waals surface area contributed by atoms with Gasteiger partial charge in [0.1, 0.15) is 5.75 Å². The topological polar surface area (TPSA) is 26.3 Å². The second-order valence-corrected chi connectivity index (χ2v) is 4.09. The van der Waals surface area contributed by atoms with E-state index in [-0.39, 0.29) is 0 Å². The highest BCUT2D eigenvalue weighted by molar-refractivity contribution is 7.80. The van der Waals surface area contributed by atoms with E-state index in [0.29, 0.717) is 11.5 Å². The second kappa shape index (κ2) is 5.02. The minimum atomic E-state index is -1.18. The smallest absolute Gasteiger partial charge is 0.206 e. The van der Waals surface area contributed by atoms with Crippen molar-refractivity contribution in [1.29, 1.82) is 0 Å². The van der Waals surface area contributed by atoms with Gasteiger partial charge >= 0.3 is 0 Å². The van der Waals surface area contributed by atoms with Crippen molar-refractivity contribution in [2.45, 2.75) is 20.3 Å². The third kappa shape index (κ3) is 3.59. The zero-order valence-electron chi connectivity index (χ0n) is 7.95. The van der Waals surface area contributed by atoms with Gasteiger partial charge in [-0.2, -0.15) is 0 Å². The monoisotopic (exact) mass is 198 g/mol. The Morgan fingerprint density at radius 3 is 2.46 bits per heavy atom. The Hall–Kier alpha value is -0.830. The van der Waals surface area contributed by atoms with E-state index in [1.807, 2.05) is 38.1 Å². The molecule has 0 amide bonds. The molecular weight excluding hydrogens is 184 g/mol. The maximum Gasteiger partial charge on any atom is 0.206 e. The van der Waals surface area contributed by atoms with E-state index in [4.69, 9.17) is 4.18 Å². The minimum Gasteiger partial charge on any atom is -0.401 e. The van der Waals surface area contributed by atoms with Gasteiger partial charge in [-0.3, -0.25) is 0 Å². The molecule has 3 heteroatoms. The van der Waals surface area contributed by atoms with E-state index in [0.717, 1.165) is 6.42 Å². The van der Waals surface area contributed by atoms with Gasteiger partial charge in [0.05, 0.1) is 5.75 Å². The van der Waals surface area contributed by atoms with Crippen LogP contribution in [-0.4, -0.2) is 9.96 Å². The standard InChI is InChI=1S/C10H14O2S/c1-3-8-13(11)12-10-6-4-9(2)5-7-10/h4-7H,3,8H2,1-2H3. The maximum absolute atomic E-state index is 11.2. The van der Waals surface area contributed by atoms with Crippen LogP contribution in [0.15, 0.2) is 24.3 Å². The van der Waals surface area contributed by atoms with Crippen molar-refractivity contribution >= 4 is 11.1 Å². The molecule has 13 heavy (non-hydrogen) atoms. The SMILES string of the molecule is CCCS(=O)Oc1ccc(C)cc1. The van der Waals surface area contributed by atoms with Gasteiger partial charge in [-0.1, -0.05) is 24.6 Å². The minimum absolute atomic E-state index is 0.591. The lowest BCUT2D eigenvalue weighted by molar-refractivity contribution is 0.560. The Kier molecular flexibility index (Phi) is 3.96. The Labute approximate surface area is 81.6 Å². The van der Waals surface area contributed by atoms with Crippen LogP contribution in [0.4, 0.5) is 0 Å². The van der Waals surface area contributed by atoms with Crippen molar-refractivity contribution < 1.29 is 8.39 Å². The first-order chi connectivity index (χ1) is 6.22. The summed E-state index contributed by atoms with van der Waals surface area (Å²) in [7, 11) is 0. The van der Waals surface area contributed by atoms with Gasteiger partial charge < -0.3 is 4.18 Å². The quantitative estimate of drug-likeness (QED) is 0.742. The van der Waals surface area contributed by atoms with Crippen LogP contribution in [0.5, 0.6) is 5.75 Å². The van der Waals surface area contributed by atoms with E-state index in [1.54, 1.807) is 0 Å². The zero-order valence-corrected chi connectivity index (χ0v) is 8.76. The van der Waals surface area contributed by atoms with Gasteiger partial charge in [0, 0.05) is 0 Å². The lowest BCUT2D eigenvalue weighted by Gasteiger charge is -2.03. The fraction of sp³-hybridized carbons (Fsp3) is 0.400. The molecule has 2 nitrogen and oxygen atoms in total. The first kappa shape index (κ1) is 10.3. The summed E-state index contributed by atoms with van der Waals surface area (Å²) in [6.07, 6.45) is 0.873. The van der Waals surface area contributed by atoms with Crippen molar-refractivity contribution in [3.63, 3.8) is 0 Å². The van der Waals surface area contributed by atoms with Crippen molar-refractivity contribution in [1.82, 2.24) is 0 Å². The number of rotatable bonds is 4. The average molecular weight is 198 g/mol. The molecule has 0 radical (unpaired) electrons. The van der Waals surface area contributed by atoms with Crippen molar-refractivity contribution in [2.75, 3.05) is 5.75 Å². The predicted molar refractivity (Wildman–Crippen MR) is 55.1 cm³/mol. The molecule has 0 spiro atoms. The van der Waals surface area contributed by atoms with Crippen LogP contribution in [0.3, 0.4) is 0 Å². The van der Waals surface area contributed by atoms with Crippen molar-refractivity contribution in [2.24, 2.45) is 0 Å². The van der Waals surface area contributed by atoms with Crippen molar-refractivity contribution in [3.05, 3.63) is 29.8 Å². The number of benzene rings is 1. The summed E-state index contributed by atoms with van der Waals surface area (Å²) in [6, 6.07) is 7.56. The van der Waals surface area contributed by atoms with Crippen LogP contribution >= 0.6 is 0 Å². The summed E-state index contributed by atoms with van der Waals surface area (Å²) in [5.74, 6) is 1.27. The molecule has 0 N–H and O–H groups in total. The Morgan fingerprint density at radius 2 is 1.92 bits per heavy atom. The summed E-state index contributed by atoms with van der Waals surface area (Å²) >= 11 is -1.18. The summed E-state index contributed by atoms with van der Waals surface area (Å²) in [5.41, 5.74) is 1.17. The Balaban J connectivity index is 2.54. The lowest BCUT2D eigenvalue weighted by atomic mass is 10.2. The molecule has 0 aliphatic carbocycles. The van der Waals surface area contributed by atoms with E-state index >= 15 is 0 Å². The highest BCUT2D eigenvalue weighted by Gasteiger charge is 1.99. The van der Waals surface area contributed by atoms with Crippen molar-refractivity contribution in [3.8, 4) is 5.75 Å². The Morgan fingerprint density at radius 1 is 1.31 bits per heavy atom. The molecule has 1 unspecified atom stereocenters. The van der Waals surface area contributed by atoms with Gasteiger partial charge in [-0.05, 0) is 25.5 Å². The van der Waals surface area contributed by atoms with Gasteiger partial charge in [-0.15, -0.1) is 0 Å². The maximum atomic E-state index is 11.2. The fourth-order valence-electron chi connectivity index (χ4n) is 0.909. The molecule has 0 bridgehead atoms. The lowest BCUT2D eigenvalue weighted by Crippen LogP contribution is -2.03. The molecule has 0 saturated carbocycles. The molecule has 0 heterocycles. The van der Waals surface area contributed by atoms with Crippen LogP contribution in [0.1, 0.15) is 18.9 Å². The summed E-state index contributed by atoms with van der Waals surface area (Å²) < 4.78 is 16.4. The Bertz CT molecular complexity index is 279. The highest BCUT2D eigenvalue weighted by Crippen LogP contribution is 2.12. The first-order valence-electron chi connectivity index (χ1n) is 4.35. The van der Waals surface area contributed by atoms with Crippen LogP contribution in [0.2, 0.25) is 0 Å². The molecule has 0 aliphatic rings. The van der Waals surface area contributed by atoms with Gasteiger partial charge in [0.25, 0.3) is 0 Å². The molecule has 1 aromatic carbocycles. The van der Waals surface area contributed by atoms with E-state index < -0.39 is 11.1 Å². The molecule has 0 aliphatic heterocycles. The third-order valence-electron chi connectivity index (χ3n) is 1.58. The van der Waals surface area contributed by atoms with Crippen LogP contribution in [-0.2, 0) is 11.1 Å². The van der Waals surface area contributed by atoms with Gasteiger partial charge in [0.15, 0.2) is 0 Å². The average Bonchev–Trinajstić information content (AvgIpc) is 2.09. The number of aryl methyl sites for hydroxylation is 1. The number of hydrogen-bond acceptors (Lipinski definition) is 2. The highest BCUT2D eigenvalue weighted by atomic mass is 32.2. The summed E-state index contributed by atoms with van der Waals surface area (Å²) in [6.45, 7) is 3.99. The molecular formula is C10H14O2S. The number of hydrogen-bond donors (Lipinski definition) is 0. The van der Waals surface area contributed by atoms with Gasteiger partial charge in [-0.25, -0.2) is 4.21 Å². The normalized spacial score (nSPS) is 12.5. The van der Waals surface area contributed by atoms with Crippen LogP contribution in [0, 0.1) is 6.92 Å². The zero-order chi connectivity index (χ0) is 9.68. The fourth-order valence-corrected chi connectivity index (χ4v) is 1.65. The molecule has 0 fully saturated rings. The molecule has 72 valence electrons.